The Labute approximate surface area is 231 Å². The summed E-state index contributed by atoms with van der Waals surface area (Å²) in [6.45, 7) is 1.44. The number of aryl methyl sites for hydroxylation is 1. The molecule has 0 bridgehead atoms. The van der Waals surface area contributed by atoms with Crippen molar-refractivity contribution in [2.75, 3.05) is 26.1 Å². The monoisotopic (exact) mass is 562 g/mol. The first-order valence-electron chi connectivity index (χ1n) is 11.8. The fourth-order valence-electron chi connectivity index (χ4n) is 4.24. The molecule has 14 heteroatoms. The molecule has 0 spiro atoms. The zero-order chi connectivity index (χ0) is 29.0. The van der Waals surface area contributed by atoms with E-state index in [9.17, 15) is 18.9 Å². The van der Waals surface area contributed by atoms with Crippen molar-refractivity contribution in [3.8, 4) is 40.8 Å². The van der Waals surface area contributed by atoms with Gasteiger partial charge in [0.05, 0.1) is 37.5 Å². The Kier molecular flexibility index (Phi) is 8.04. The van der Waals surface area contributed by atoms with Crippen molar-refractivity contribution in [3.63, 3.8) is 0 Å². The SMILES string of the molecule is COc1cccc(OC)c1-n1c(NS(=O)(=O)C(C)C(OC)c2ccc(C#N)cc2C#N)nnc1-c1ccn(C)n1. The maximum absolute atomic E-state index is 13.7. The van der Waals surface area contributed by atoms with Crippen LogP contribution in [0.15, 0.2) is 48.7 Å². The fraction of sp³-hybridized carbons (Fsp3) is 0.269. The Balaban J connectivity index is 1.83. The lowest BCUT2D eigenvalue weighted by molar-refractivity contribution is 0.102. The van der Waals surface area contributed by atoms with Gasteiger partial charge in [0.2, 0.25) is 16.0 Å². The molecule has 206 valence electrons. The zero-order valence-electron chi connectivity index (χ0n) is 22.4. The van der Waals surface area contributed by atoms with Crippen LogP contribution in [0, 0.1) is 22.7 Å². The van der Waals surface area contributed by atoms with Gasteiger partial charge in [0.15, 0.2) is 5.82 Å². The number of hydrogen-bond acceptors (Lipinski definition) is 10. The minimum Gasteiger partial charge on any atom is -0.494 e. The molecule has 4 rings (SSSR count). The van der Waals surface area contributed by atoms with Gasteiger partial charge in [-0.1, -0.05) is 12.1 Å². The van der Waals surface area contributed by atoms with Gasteiger partial charge in [-0.25, -0.2) is 8.42 Å². The van der Waals surface area contributed by atoms with Gasteiger partial charge in [-0.3, -0.25) is 14.0 Å². The molecule has 13 nitrogen and oxygen atoms in total. The molecule has 0 saturated carbocycles. The summed E-state index contributed by atoms with van der Waals surface area (Å²) in [5, 5.41) is 30.4. The van der Waals surface area contributed by atoms with Crippen molar-refractivity contribution >= 4 is 16.0 Å². The van der Waals surface area contributed by atoms with Crippen LogP contribution >= 0.6 is 0 Å². The molecule has 1 N–H and O–H groups in total. The summed E-state index contributed by atoms with van der Waals surface area (Å²) in [4.78, 5) is 0. The highest BCUT2D eigenvalue weighted by molar-refractivity contribution is 7.93. The van der Waals surface area contributed by atoms with E-state index in [1.807, 2.05) is 12.1 Å². The summed E-state index contributed by atoms with van der Waals surface area (Å²) in [5.41, 5.74) is 1.50. The zero-order valence-corrected chi connectivity index (χ0v) is 23.2. The molecule has 0 amide bonds. The summed E-state index contributed by atoms with van der Waals surface area (Å²) < 4.78 is 49.7. The molecule has 40 heavy (non-hydrogen) atoms. The molecule has 2 heterocycles. The smallest absolute Gasteiger partial charge is 0.243 e. The summed E-state index contributed by atoms with van der Waals surface area (Å²) in [6.07, 6.45) is 0.667. The van der Waals surface area contributed by atoms with E-state index in [4.69, 9.17) is 14.2 Å². The lowest BCUT2D eigenvalue weighted by Crippen LogP contribution is -2.33. The van der Waals surface area contributed by atoms with Crippen LogP contribution in [0.25, 0.3) is 17.2 Å². The number of nitrogens with zero attached hydrogens (tertiary/aromatic N) is 7. The van der Waals surface area contributed by atoms with E-state index in [0.29, 0.717) is 28.4 Å². The first kappa shape index (κ1) is 28.1. The lowest BCUT2D eigenvalue weighted by Gasteiger charge is -2.24. The number of para-hydroxylation sites is 1. The maximum atomic E-state index is 13.7. The van der Waals surface area contributed by atoms with Crippen LogP contribution in [-0.2, 0) is 21.8 Å². The molecule has 2 atom stereocenters. The van der Waals surface area contributed by atoms with Gasteiger partial charge in [0.25, 0.3) is 0 Å². The average molecular weight is 563 g/mol. The molecule has 2 aromatic heterocycles. The van der Waals surface area contributed by atoms with Crippen molar-refractivity contribution in [2.45, 2.75) is 18.3 Å². The molecular formula is C26H26N8O5S. The Hall–Kier alpha value is -4.92. The molecule has 4 aromatic rings. The predicted molar refractivity (Wildman–Crippen MR) is 144 cm³/mol. The average Bonchev–Trinajstić information content (AvgIpc) is 3.58. The molecule has 0 aliphatic rings. The lowest BCUT2D eigenvalue weighted by atomic mass is 9.99. The predicted octanol–water partition coefficient (Wildman–Crippen LogP) is 2.95. The van der Waals surface area contributed by atoms with Gasteiger partial charge in [0.1, 0.15) is 34.2 Å². The summed E-state index contributed by atoms with van der Waals surface area (Å²) in [5.74, 6) is 0.827. The highest BCUT2D eigenvalue weighted by Gasteiger charge is 2.35. The second-order valence-corrected chi connectivity index (χ2v) is 10.6. The number of anilines is 1. The first-order valence-corrected chi connectivity index (χ1v) is 13.4. The Morgan fingerprint density at radius 1 is 1.00 bits per heavy atom. The third-order valence-corrected chi connectivity index (χ3v) is 7.94. The third-order valence-electron chi connectivity index (χ3n) is 6.24. The van der Waals surface area contributed by atoms with E-state index in [2.05, 4.69) is 20.0 Å². The quantitative estimate of drug-likeness (QED) is 0.303. The standard InChI is InChI=1S/C26H26N8O5S/c1-16(24(39-5)19-10-9-17(14-27)13-18(19)15-28)40(35,36)32-26-30-29-25(20-11-12-33(2)31-20)34(26)23-21(37-3)7-6-8-22(23)38-4/h6-13,16,24H,1-5H3,(H,30,32). The maximum Gasteiger partial charge on any atom is 0.243 e. The second-order valence-electron chi connectivity index (χ2n) is 8.60. The molecule has 0 aliphatic carbocycles. The van der Waals surface area contributed by atoms with Crippen molar-refractivity contribution in [3.05, 3.63) is 65.4 Å². The van der Waals surface area contributed by atoms with Crippen molar-refractivity contribution in [1.82, 2.24) is 24.5 Å². The van der Waals surface area contributed by atoms with E-state index >= 15 is 0 Å². The van der Waals surface area contributed by atoms with Crippen LogP contribution < -0.4 is 14.2 Å². The van der Waals surface area contributed by atoms with E-state index in [-0.39, 0.29) is 22.9 Å². The highest BCUT2D eigenvalue weighted by Crippen LogP contribution is 2.38. The van der Waals surface area contributed by atoms with Crippen LogP contribution in [0.3, 0.4) is 0 Å². The van der Waals surface area contributed by atoms with E-state index < -0.39 is 21.4 Å². The number of benzene rings is 2. The van der Waals surface area contributed by atoms with Gasteiger partial charge < -0.3 is 14.2 Å². The number of ether oxygens (including phenoxy) is 3. The summed E-state index contributed by atoms with van der Waals surface area (Å²) >= 11 is 0. The number of methoxy groups -OCH3 is 3. The normalized spacial score (nSPS) is 12.7. The van der Waals surface area contributed by atoms with Crippen LogP contribution in [0.4, 0.5) is 5.95 Å². The summed E-state index contributed by atoms with van der Waals surface area (Å²) in [7, 11) is 1.81. The molecule has 2 aromatic carbocycles. The Morgan fingerprint density at radius 2 is 1.70 bits per heavy atom. The number of hydrogen-bond donors (Lipinski definition) is 1. The molecule has 0 aliphatic heterocycles. The van der Waals surface area contributed by atoms with E-state index in [1.54, 1.807) is 42.2 Å². The largest absolute Gasteiger partial charge is 0.494 e. The topological polar surface area (TPSA) is 170 Å². The highest BCUT2D eigenvalue weighted by atomic mass is 32.2. The molecule has 0 fully saturated rings. The summed E-state index contributed by atoms with van der Waals surface area (Å²) in [6, 6.07) is 15.2. The van der Waals surface area contributed by atoms with Crippen LogP contribution in [0.2, 0.25) is 0 Å². The van der Waals surface area contributed by atoms with E-state index in [1.165, 1.54) is 51.0 Å². The van der Waals surface area contributed by atoms with E-state index in [0.717, 1.165) is 0 Å². The molecule has 2 unspecified atom stereocenters. The Bertz CT molecular complexity index is 1710. The van der Waals surface area contributed by atoms with Gasteiger partial charge in [0, 0.05) is 20.4 Å². The fourth-order valence-corrected chi connectivity index (χ4v) is 5.40. The number of rotatable bonds is 10. The van der Waals surface area contributed by atoms with Crippen molar-refractivity contribution in [2.24, 2.45) is 7.05 Å². The minimum absolute atomic E-state index is 0.132. The minimum atomic E-state index is -4.23. The number of aromatic nitrogens is 5. The molecular weight excluding hydrogens is 536 g/mol. The molecule has 0 radical (unpaired) electrons. The van der Waals surface area contributed by atoms with Gasteiger partial charge in [-0.2, -0.15) is 15.6 Å². The van der Waals surface area contributed by atoms with Crippen LogP contribution in [-0.4, -0.2) is 59.5 Å². The van der Waals surface area contributed by atoms with Crippen LogP contribution in [0.5, 0.6) is 11.5 Å². The third kappa shape index (κ3) is 5.18. The second kappa shape index (κ2) is 11.4. The molecule has 0 saturated heterocycles. The van der Waals surface area contributed by atoms with Crippen molar-refractivity contribution < 1.29 is 22.6 Å². The van der Waals surface area contributed by atoms with Gasteiger partial charge >= 0.3 is 0 Å². The Morgan fingerprint density at radius 3 is 2.25 bits per heavy atom. The van der Waals surface area contributed by atoms with Gasteiger partial charge in [-0.05, 0) is 42.8 Å². The van der Waals surface area contributed by atoms with Crippen molar-refractivity contribution in [1.29, 1.82) is 10.5 Å². The first-order chi connectivity index (χ1) is 19.2. The van der Waals surface area contributed by atoms with Crippen LogP contribution in [0.1, 0.15) is 29.7 Å². The van der Waals surface area contributed by atoms with Gasteiger partial charge in [-0.15, -0.1) is 10.2 Å². The number of nitriles is 2. The number of nitrogens with one attached hydrogen (secondary N) is 1. The number of sulfonamides is 1.